The quantitative estimate of drug-likeness (QED) is 0.190. The van der Waals surface area contributed by atoms with E-state index in [1.165, 1.54) is 12.1 Å². The fourth-order valence-electron chi connectivity index (χ4n) is 5.90. The average molecular weight is 699 g/mol. The molecule has 0 bridgehead atoms. The van der Waals surface area contributed by atoms with Gasteiger partial charge in [-0.05, 0) is 100 Å². The molecule has 2 heterocycles. The molecule has 6 rings (SSSR count). The molecule has 0 saturated carbocycles. The number of ether oxygens (including phenoxy) is 1. The Labute approximate surface area is 259 Å². The van der Waals surface area contributed by atoms with E-state index in [0.29, 0.717) is 38.4 Å². The molecule has 3 N–H and O–H groups in total. The Morgan fingerprint density at radius 3 is 2.44 bits per heavy atom. The van der Waals surface area contributed by atoms with Crippen molar-refractivity contribution in [1.29, 1.82) is 0 Å². The molecule has 1 saturated heterocycles. The lowest BCUT2D eigenvalue weighted by Gasteiger charge is -2.46. The van der Waals surface area contributed by atoms with E-state index in [0.717, 1.165) is 9.13 Å². The fraction of sp³-hybridized carbons (Fsp3) is 0.129. The summed E-state index contributed by atoms with van der Waals surface area (Å²) in [5, 5.41) is 16.4. The van der Waals surface area contributed by atoms with Crippen molar-refractivity contribution in [3.63, 3.8) is 0 Å². The van der Waals surface area contributed by atoms with Crippen LogP contribution in [-0.2, 0) is 15.0 Å². The lowest BCUT2D eigenvalue weighted by molar-refractivity contribution is -0.131. The first kappa shape index (κ1) is 27.6. The second kappa shape index (κ2) is 10.7. The lowest BCUT2D eigenvalue weighted by Crippen LogP contribution is -2.56. The number of amides is 2. The summed E-state index contributed by atoms with van der Waals surface area (Å²) < 4.78 is 7.14. The molecular formula is C31H21Cl2IN2O5. The number of halogens is 3. The molecule has 7 nitrogen and oxygen atoms in total. The van der Waals surface area contributed by atoms with Gasteiger partial charge in [-0.1, -0.05) is 41.4 Å². The third kappa shape index (κ3) is 4.83. The van der Waals surface area contributed by atoms with Gasteiger partial charge in [0.15, 0.2) is 0 Å². The van der Waals surface area contributed by atoms with Crippen LogP contribution in [0.4, 0.5) is 5.69 Å². The standard InChI is InChI=1S/C31H21Cl2IN2O5/c32-18-3-1-2-17(12-18)24-15-27(37)36-28(31(24)23-10-6-19(33)13-25(23)35-30(31)40)22-14-20(34)7-11-26(22)41-21-8-4-16(5-9-21)29(38)39/h1-14,24,28H,15H2,(H,35,40)(H,36,37)(H,38,39)/t24-,28+,31?/m0/s1. The average Bonchev–Trinajstić information content (AvgIpc) is 3.22. The number of rotatable bonds is 5. The van der Waals surface area contributed by atoms with Gasteiger partial charge < -0.3 is 20.5 Å². The van der Waals surface area contributed by atoms with Crippen molar-refractivity contribution in [1.82, 2.24) is 5.32 Å². The molecular weight excluding hydrogens is 678 g/mol. The predicted octanol–water partition coefficient (Wildman–Crippen LogP) is 7.32. The molecule has 2 amide bonds. The topological polar surface area (TPSA) is 105 Å². The molecule has 2 aliphatic rings. The minimum absolute atomic E-state index is 0.0586. The van der Waals surface area contributed by atoms with Crippen LogP contribution in [-0.4, -0.2) is 22.9 Å². The van der Waals surface area contributed by atoms with Gasteiger partial charge in [0.25, 0.3) is 0 Å². The van der Waals surface area contributed by atoms with Crippen LogP contribution in [0.15, 0.2) is 84.9 Å². The van der Waals surface area contributed by atoms with E-state index in [2.05, 4.69) is 33.2 Å². The van der Waals surface area contributed by atoms with Gasteiger partial charge in [0.2, 0.25) is 11.8 Å². The van der Waals surface area contributed by atoms with Crippen LogP contribution in [0.25, 0.3) is 0 Å². The number of carboxylic acid groups (broad SMARTS) is 1. The number of aromatic carboxylic acids is 1. The molecule has 0 aromatic heterocycles. The molecule has 4 aromatic carbocycles. The maximum atomic E-state index is 14.3. The number of nitrogens with one attached hydrogen (secondary N) is 2. The molecule has 0 aliphatic carbocycles. The SMILES string of the molecule is O=C1C[C@@H](c2cccc(Cl)c2)C2(C(=O)Nc3cc(Cl)ccc32)[C@@H](c2cc(I)ccc2Oc2ccc(C(=O)O)cc2)N1. The minimum atomic E-state index is -1.27. The summed E-state index contributed by atoms with van der Waals surface area (Å²) in [5.41, 5.74) is 1.49. The van der Waals surface area contributed by atoms with Gasteiger partial charge in [-0.25, -0.2) is 4.79 Å². The molecule has 10 heteroatoms. The van der Waals surface area contributed by atoms with E-state index < -0.39 is 23.3 Å². The van der Waals surface area contributed by atoms with Crippen molar-refractivity contribution in [2.24, 2.45) is 0 Å². The smallest absolute Gasteiger partial charge is 0.335 e. The summed E-state index contributed by atoms with van der Waals surface area (Å²) in [6.07, 6.45) is 0.0586. The second-order valence-electron chi connectivity index (χ2n) is 9.94. The first-order valence-corrected chi connectivity index (χ1v) is 14.5. The van der Waals surface area contributed by atoms with E-state index >= 15 is 0 Å². The zero-order chi connectivity index (χ0) is 28.9. The number of fused-ring (bicyclic) bond motifs is 2. The highest BCUT2D eigenvalue weighted by atomic mass is 127. The fourth-order valence-corrected chi connectivity index (χ4v) is 6.79. The van der Waals surface area contributed by atoms with Crippen LogP contribution in [0.1, 0.15) is 45.4 Å². The number of hydrogen-bond acceptors (Lipinski definition) is 4. The zero-order valence-electron chi connectivity index (χ0n) is 21.2. The van der Waals surface area contributed by atoms with Gasteiger partial charge in [-0.15, -0.1) is 0 Å². The molecule has 0 radical (unpaired) electrons. The Morgan fingerprint density at radius 2 is 1.71 bits per heavy atom. The summed E-state index contributed by atoms with van der Waals surface area (Å²) in [6, 6.07) is 23.2. The largest absolute Gasteiger partial charge is 0.478 e. The van der Waals surface area contributed by atoms with Crippen molar-refractivity contribution < 1.29 is 24.2 Å². The molecule has 3 atom stereocenters. The number of carbonyl (C=O) groups is 3. The molecule has 1 unspecified atom stereocenters. The van der Waals surface area contributed by atoms with E-state index in [1.807, 2.05) is 30.3 Å². The number of benzene rings is 4. The minimum Gasteiger partial charge on any atom is -0.478 e. The maximum Gasteiger partial charge on any atom is 0.335 e. The van der Waals surface area contributed by atoms with Crippen LogP contribution < -0.4 is 15.4 Å². The van der Waals surface area contributed by atoms with Gasteiger partial charge in [-0.3, -0.25) is 9.59 Å². The maximum absolute atomic E-state index is 14.3. The van der Waals surface area contributed by atoms with Crippen LogP contribution in [0, 0.1) is 3.57 Å². The molecule has 2 aliphatic heterocycles. The van der Waals surface area contributed by atoms with Crippen LogP contribution in [0.2, 0.25) is 10.0 Å². The van der Waals surface area contributed by atoms with E-state index in [-0.39, 0.29) is 23.8 Å². The number of carbonyl (C=O) groups excluding carboxylic acids is 2. The monoisotopic (exact) mass is 698 g/mol. The van der Waals surface area contributed by atoms with Crippen molar-refractivity contribution in [2.75, 3.05) is 5.32 Å². The van der Waals surface area contributed by atoms with Crippen LogP contribution >= 0.6 is 45.8 Å². The van der Waals surface area contributed by atoms with E-state index in [4.69, 9.17) is 27.9 Å². The molecule has 41 heavy (non-hydrogen) atoms. The number of hydrogen-bond donors (Lipinski definition) is 3. The molecule has 1 spiro atoms. The van der Waals surface area contributed by atoms with Gasteiger partial charge in [0, 0.05) is 37.2 Å². The van der Waals surface area contributed by atoms with Crippen LogP contribution in [0.3, 0.4) is 0 Å². The summed E-state index contributed by atoms with van der Waals surface area (Å²) in [6.45, 7) is 0. The summed E-state index contributed by atoms with van der Waals surface area (Å²) >= 11 is 14.9. The highest BCUT2D eigenvalue weighted by Crippen LogP contribution is 2.58. The lowest BCUT2D eigenvalue weighted by atomic mass is 9.59. The first-order valence-electron chi connectivity index (χ1n) is 12.6. The van der Waals surface area contributed by atoms with Crippen molar-refractivity contribution in [3.05, 3.63) is 121 Å². The third-order valence-corrected chi connectivity index (χ3v) is 8.76. The van der Waals surface area contributed by atoms with Crippen molar-refractivity contribution in [2.45, 2.75) is 23.8 Å². The van der Waals surface area contributed by atoms with E-state index in [9.17, 15) is 19.5 Å². The number of carboxylic acids is 1. The molecule has 4 aromatic rings. The van der Waals surface area contributed by atoms with Crippen LogP contribution in [0.5, 0.6) is 11.5 Å². The third-order valence-electron chi connectivity index (χ3n) is 7.61. The van der Waals surface area contributed by atoms with Crippen molar-refractivity contribution in [3.8, 4) is 11.5 Å². The number of piperidine rings is 1. The Bertz CT molecular complexity index is 1730. The predicted molar refractivity (Wildman–Crippen MR) is 164 cm³/mol. The summed E-state index contributed by atoms with van der Waals surface area (Å²) in [4.78, 5) is 39.0. The van der Waals surface area contributed by atoms with Gasteiger partial charge >= 0.3 is 5.97 Å². The van der Waals surface area contributed by atoms with Gasteiger partial charge in [0.1, 0.15) is 16.9 Å². The summed E-state index contributed by atoms with van der Waals surface area (Å²) in [5.74, 6) is -1.29. The molecule has 206 valence electrons. The second-order valence-corrected chi connectivity index (χ2v) is 12.1. The first-order chi connectivity index (χ1) is 19.7. The Hall–Kier alpha value is -3.60. The Kier molecular flexibility index (Phi) is 7.17. The zero-order valence-corrected chi connectivity index (χ0v) is 24.8. The van der Waals surface area contributed by atoms with E-state index in [1.54, 1.807) is 42.5 Å². The summed E-state index contributed by atoms with van der Waals surface area (Å²) in [7, 11) is 0. The Morgan fingerprint density at radius 1 is 0.951 bits per heavy atom. The van der Waals surface area contributed by atoms with Gasteiger partial charge in [-0.2, -0.15) is 0 Å². The van der Waals surface area contributed by atoms with Crippen molar-refractivity contribution >= 4 is 69.3 Å². The Balaban J connectivity index is 1.56. The normalized spacial score (nSPS) is 21.2. The highest BCUT2D eigenvalue weighted by molar-refractivity contribution is 14.1. The molecule has 1 fully saturated rings. The number of anilines is 1. The van der Waals surface area contributed by atoms with Gasteiger partial charge in [0.05, 0.1) is 11.6 Å². The highest BCUT2D eigenvalue weighted by Gasteiger charge is 2.61.